The predicted octanol–water partition coefficient (Wildman–Crippen LogP) is 5.41. The van der Waals surface area contributed by atoms with Crippen LogP contribution in [0, 0.1) is 0 Å². The lowest BCUT2D eigenvalue weighted by Crippen LogP contribution is -2.42. The van der Waals surface area contributed by atoms with Gasteiger partial charge in [-0.2, -0.15) is 0 Å². The van der Waals surface area contributed by atoms with E-state index in [2.05, 4.69) is 34.3 Å². The lowest BCUT2D eigenvalue weighted by Gasteiger charge is -2.35. The molecule has 7 heteroatoms. The van der Waals surface area contributed by atoms with Crippen LogP contribution in [-0.2, 0) is 6.42 Å². The largest absolute Gasteiger partial charge is 0.356 e. The highest BCUT2D eigenvalue weighted by molar-refractivity contribution is 6.33. The second-order valence-corrected chi connectivity index (χ2v) is 7.14. The molecule has 0 saturated carbocycles. The third-order valence-corrected chi connectivity index (χ3v) is 5.21. The predicted molar refractivity (Wildman–Crippen MR) is 105 cm³/mol. The number of nitrogens with one attached hydrogen (secondary N) is 2. The maximum Gasteiger partial charge on any atom is 0.322 e. The average molecular weight is 389 g/mol. The van der Waals surface area contributed by atoms with Crippen LogP contribution in [-0.4, -0.2) is 27.4 Å². The van der Waals surface area contributed by atoms with Gasteiger partial charge >= 0.3 is 6.03 Å². The SMILES string of the molecule is CCC1c2[nH]c3ccccc3c2CCN1C(=O)Nc1cc(Cl)nc(Cl)c1. The number of pyridine rings is 1. The normalized spacial score (nSPS) is 16.6. The van der Waals surface area contributed by atoms with Crippen molar-refractivity contribution in [3.63, 3.8) is 0 Å². The van der Waals surface area contributed by atoms with Crippen LogP contribution in [0.1, 0.15) is 30.6 Å². The molecule has 1 aliphatic heterocycles. The number of benzene rings is 1. The molecule has 0 bridgehead atoms. The van der Waals surface area contributed by atoms with Gasteiger partial charge in [0.2, 0.25) is 0 Å². The van der Waals surface area contributed by atoms with Crippen LogP contribution >= 0.6 is 23.2 Å². The van der Waals surface area contributed by atoms with E-state index in [-0.39, 0.29) is 22.4 Å². The number of rotatable bonds is 2. The number of carbonyl (C=O) groups is 1. The van der Waals surface area contributed by atoms with Crippen molar-refractivity contribution in [3.05, 3.63) is 58.0 Å². The number of H-pyrrole nitrogens is 1. The fraction of sp³-hybridized carbons (Fsp3) is 0.263. The Balaban J connectivity index is 1.63. The fourth-order valence-corrected chi connectivity index (χ4v) is 4.18. The van der Waals surface area contributed by atoms with Crippen LogP contribution in [0.15, 0.2) is 36.4 Å². The Bertz CT molecular complexity index is 965. The highest BCUT2D eigenvalue weighted by Gasteiger charge is 2.32. The zero-order valence-electron chi connectivity index (χ0n) is 14.2. The third-order valence-electron chi connectivity index (χ3n) is 4.82. The molecule has 1 unspecified atom stereocenters. The molecule has 4 rings (SSSR count). The van der Waals surface area contributed by atoms with E-state index in [0.717, 1.165) is 24.1 Å². The second kappa shape index (κ2) is 6.82. The third kappa shape index (κ3) is 3.02. The molecular formula is C19H18Cl2N4O. The van der Waals surface area contributed by atoms with Crippen molar-refractivity contribution in [1.29, 1.82) is 0 Å². The summed E-state index contributed by atoms with van der Waals surface area (Å²) in [5.74, 6) is 0. The molecule has 26 heavy (non-hydrogen) atoms. The van der Waals surface area contributed by atoms with Crippen LogP contribution in [0.2, 0.25) is 10.3 Å². The molecular weight excluding hydrogens is 371 g/mol. The average Bonchev–Trinajstić information content (AvgIpc) is 2.98. The number of hydrogen-bond donors (Lipinski definition) is 2. The summed E-state index contributed by atoms with van der Waals surface area (Å²) in [5, 5.41) is 4.62. The summed E-state index contributed by atoms with van der Waals surface area (Å²) in [6.07, 6.45) is 1.65. The van der Waals surface area contributed by atoms with Crippen LogP contribution in [0.4, 0.5) is 10.5 Å². The zero-order valence-corrected chi connectivity index (χ0v) is 15.7. The van der Waals surface area contributed by atoms with Gasteiger partial charge in [0.1, 0.15) is 10.3 Å². The van der Waals surface area contributed by atoms with E-state index in [9.17, 15) is 4.79 Å². The quantitative estimate of drug-likeness (QED) is 0.576. The van der Waals surface area contributed by atoms with Gasteiger partial charge in [0.15, 0.2) is 0 Å². The van der Waals surface area contributed by atoms with Gasteiger partial charge in [-0.3, -0.25) is 0 Å². The van der Waals surface area contributed by atoms with Crippen molar-refractivity contribution in [3.8, 4) is 0 Å². The smallest absolute Gasteiger partial charge is 0.322 e. The van der Waals surface area contributed by atoms with Gasteiger partial charge in [0.05, 0.1) is 6.04 Å². The van der Waals surface area contributed by atoms with Gasteiger partial charge in [-0.15, -0.1) is 0 Å². The number of amides is 2. The van der Waals surface area contributed by atoms with Gasteiger partial charge < -0.3 is 15.2 Å². The van der Waals surface area contributed by atoms with Crippen LogP contribution < -0.4 is 5.32 Å². The number of aromatic nitrogens is 2. The molecule has 0 fully saturated rings. The summed E-state index contributed by atoms with van der Waals surface area (Å²) < 4.78 is 0. The Labute approximate surface area is 161 Å². The van der Waals surface area contributed by atoms with Gasteiger partial charge in [-0.05, 0) is 36.6 Å². The van der Waals surface area contributed by atoms with E-state index in [1.54, 1.807) is 12.1 Å². The molecule has 2 amide bonds. The number of fused-ring (bicyclic) bond motifs is 3. The van der Waals surface area contributed by atoms with Crippen molar-refractivity contribution >= 4 is 45.8 Å². The van der Waals surface area contributed by atoms with Crippen LogP contribution in [0.5, 0.6) is 0 Å². The van der Waals surface area contributed by atoms with Gasteiger partial charge in [-0.1, -0.05) is 48.3 Å². The molecule has 3 heterocycles. The van der Waals surface area contributed by atoms with Crippen LogP contribution in [0.3, 0.4) is 0 Å². The topological polar surface area (TPSA) is 61.0 Å². The van der Waals surface area contributed by atoms with E-state index in [0.29, 0.717) is 12.2 Å². The second-order valence-electron chi connectivity index (χ2n) is 6.36. The molecule has 2 aromatic heterocycles. The standard InChI is InChI=1S/C19H18Cl2N4O/c1-2-15-18-13(12-5-3-4-6-14(12)23-18)7-8-25(15)19(26)22-11-9-16(20)24-17(21)10-11/h3-6,9-10,15,23H,2,7-8H2,1H3,(H,22,24,26). The van der Waals surface area contributed by atoms with Crippen molar-refractivity contribution in [1.82, 2.24) is 14.9 Å². The molecule has 2 N–H and O–H groups in total. The van der Waals surface area contributed by atoms with E-state index >= 15 is 0 Å². The number of hydrogen-bond acceptors (Lipinski definition) is 2. The molecule has 1 atom stereocenters. The van der Waals surface area contributed by atoms with E-state index < -0.39 is 0 Å². The Morgan fingerprint density at radius 3 is 2.77 bits per heavy atom. The number of halogens is 2. The van der Waals surface area contributed by atoms with E-state index in [1.165, 1.54) is 10.9 Å². The minimum atomic E-state index is -0.167. The first-order valence-electron chi connectivity index (χ1n) is 8.57. The highest BCUT2D eigenvalue weighted by Crippen LogP contribution is 2.36. The lowest BCUT2D eigenvalue weighted by molar-refractivity contribution is 0.179. The summed E-state index contributed by atoms with van der Waals surface area (Å²) in [7, 11) is 0. The van der Waals surface area contributed by atoms with Gasteiger partial charge in [-0.25, -0.2) is 9.78 Å². The first-order valence-corrected chi connectivity index (χ1v) is 9.32. The van der Waals surface area contributed by atoms with Gasteiger partial charge in [0.25, 0.3) is 0 Å². The van der Waals surface area contributed by atoms with Crippen molar-refractivity contribution in [2.75, 3.05) is 11.9 Å². The summed E-state index contributed by atoms with van der Waals surface area (Å²) in [5.41, 5.74) is 4.09. The Morgan fingerprint density at radius 1 is 1.31 bits per heavy atom. The number of anilines is 1. The molecule has 0 spiro atoms. The molecule has 0 saturated heterocycles. The number of aromatic amines is 1. The fourth-order valence-electron chi connectivity index (χ4n) is 3.72. The zero-order chi connectivity index (χ0) is 18.3. The first kappa shape index (κ1) is 17.2. The van der Waals surface area contributed by atoms with Gasteiger partial charge in [0, 0.05) is 28.8 Å². The number of carbonyl (C=O) groups excluding carboxylic acids is 1. The summed E-state index contributed by atoms with van der Waals surface area (Å²) in [4.78, 5) is 22.2. The number of para-hydroxylation sites is 1. The minimum Gasteiger partial charge on any atom is -0.356 e. The van der Waals surface area contributed by atoms with E-state index in [4.69, 9.17) is 23.2 Å². The first-order chi connectivity index (χ1) is 12.6. The molecule has 1 aliphatic rings. The highest BCUT2D eigenvalue weighted by atomic mass is 35.5. The molecule has 0 radical (unpaired) electrons. The van der Waals surface area contributed by atoms with Crippen molar-refractivity contribution < 1.29 is 4.79 Å². The Morgan fingerprint density at radius 2 is 2.04 bits per heavy atom. The number of nitrogens with zero attached hydrogens (tertiary/aromatic N) is 2. The number of urea groups is 1. The van der Waals surface area contributed by atoms with Crippen molar-refractivity contribution in [2.24, 2.45) is 0 Å². The minimum absolute atomic E-state index is 0.000990. The maximum atomic E-state index is 12.9. The molecule has 0 aliphatic carbocycles. The Kier molecular flexibility index (Phi) is 4.51. The molecule has 5 nitrogen and oxygen atoms in total. The lowest BCUT2D eigenvalue weighted by atomic mass is 9.96. The summed E-state index contributed by atoms with van der Waals surface area (Å²) in [6.45, 7) is 2.75. The molecule has 134 valence electrons. The maximum absolute atomic E-state index is 12.9. The molecule has 3 aromatic rings. The van der Waals surface area contributed by atoms with Crippen molar-refractivity contribution in [2.45, 2.75) is 25.8 Å². The monoisotopic (exact) mass is 388 g/mol. The van der Waals surface area contributed by atoms with E-state index in [1.807, 2.05) is 17.0 Å². The Hall–Kier alpha value is -2.24. The summed E-state index contributed by atoms with van der Waals surface area (Å²) in [6, 6.07) is 11.3. The van der Waals surface area contributed by atoms with Crippen LogP contribution in [0.25, 0.3) is 10.9 Å². The molecule has 1 aromatic carbocycles. The summed E-state index contributed by atoms with van der Waals surface area (Å²) >= 11 is 11.8.